The van der Waals surface area contributed by atoms with Crippen molar-refractivity contribution in [2.75, 3.05) is 12.0 Å². The summed E-state index contributed by atoms with van der Waals surface area (Å²) in [5, 5.41) is 0. The summed E-state index contributed by atoms with van der Waals surface area (Å²) in [4.78, 5) is 41.7. The van der Waals surface area contributed by atoms with Gasteiger partial charge in [0, 0.05) is 6.20 Å². The lowest BCUT2D eigenvalue weighted by Crippen LogP contribution is -2.30. The highest BCUT2D eigenvalue weighted by molar-refractivity contribution is 6.34. The number of carbonyl (C=O) groups excluding carboxylic acids is 3. The van der Waals surface area contributed by atoms with E-state index in [1.54, 1.807) is 37.3 Å². The molecule has 6 nitrogen and oxygen atoms in total. The van der Waals surface area contributed by atoms with E-state index in [1.165, 1.54) is 13.3 Å². The molecule has 0 aliphatic carbocycles. The van der Waals surface area contributed by atoms with E-state index in [1.807, 2.05) is 0 Å². The first-order chi connectivity index (χ1) is 10.6. The van der Waals surface area contributed by atoms with Crippen LogP contribution < -0.4 is 4.90 Å². The Balaban J connectivity index is 2.13. The van der Waals surface area contributed by atoms with Crippen LogP contribution in [-0.2, 0) is 4.74 Å². The highest BCUT2D eigenvalue weighted by Gasteiger charge is 2.38. The monoisotopic (exact) mass is 296 g/mol. The van der Waals surface area contributed by atoms with Crippen molar-refractivity contribution in [2.45, 2.75) is 6.92 Å². The molecule has 0 unspecified atom stereocenters. The van der Waals surface area contributed by atoms with Crippen LogP contribution in [0.15, 0.2) is 36.5 Å². The number of methoxy groups -OCH3 is 1. The summed E-state index contributed by atoms with van der Waals surface area (Å²) in [6.45, 7) is 1.67. The summed E-state index contributed by atoms with van der Waals surface area (Å²) in [7, 11) is 1.28. The molecule has 22 heavy (non-hydrogen) atoms. The van der Waals surface area contributed by atoms with Gasteiger partial charge in [0.1, 0.15) is 5.69 Å². The topological polar surface area (TPSA) is 76.6 Å². The van der Waals surface area contributed by atoms with E-state index in [-0.39, 0.29) is 11.3 Å². The average molecular weight is 296 g/mol. The fourth-order valence-corrected chi connectivity index (χ4v) is 2.48. The Hall–Kier alpha value is -3.02. The largest absolute Gasteiger partial charge is 0.465 e. The van der Waals surface area contributed by atoms with Crippen LogP contribution in [0.5, 0.6) is 0 Å². The van der Waals surface area contributed by atoms with Crippen LogP contribution in [0, 0.1) is 6.92 Å². The predicted molar refractivity (Wildman–Crippen MR) is 77.9 cm³/mol. The normalized spacial score (nSPS) is 13.3. The Bertz CT molecular complexity index is 779. The molecular formula is C16H12N2O4. The van der Waals surface area contributed by atoms with Crippen molar-refractivity contribution in [3.05, 3.63) is 58.9 Å². The summed E-state index contributed by atoms with van der Waals surface area (Å²) in [6, 6.07) is 7.96. The van der Waals surface area contributed by atoms with Gasteiger partial charge in [-0.25, -0.2) is 9.69 Å². The maximum Gasteiger partial charge on any atom is 0.338 e. The molecule has 0 radical (unpaired) electrons. The van der Waals surface area contributed by atoms with Gasteiger partial charge in [-0.15, -0.1) is 0 Å². The highest BCUT2D eigenvalue weighted by atomic mass is 16.5. The summed E-state index contributed by atoms with van der Waals surface area (Å²) in [5.74, 6) is -1.46. The molecule has 0 spiro atoms. The van der Waals surface area contributed by atoms with Gasteiger partial charge in [-0.1, -0.05) is 6.07 Å². The fourth-order valence-electron chi connectivity index (χ4n) is 2.48. The van der Waals surface area contributed by atoms with Gasteiger partial charge in [-0.3, -0.25) is 14.6 Å². The van der Waals surface area contributed by atoms with E-state index in [0.717, 1.165) is 4.90 Å². The Morgan fingerprint density at radius 3 is 2.59 bits per heavy atom. The molecule has 2 amide bonds. The number of rotatable bonds is 2. The molecule has 0 atom stereocenters. The maximum absolute atomic E-state index is 12.5. The number of hydrogen-bond donors (Lipinski definition) is 0. The molecule has 3 rings (SSSR count). The van der Waals surface area contributed by atoms with Gasteiger partial charge in [0.05, 0.1) is 23.9 Å². The first-order valence-electron chi connectivity index (χ1n) is 6.58. The Morgan fingerprint density at radius 1 is 1.14 bits per heavy atom. The van der Waals surface area contributed by atoms with Gasteiger partial charge >= 0.3 is 5.97 Å². The third-order valence-electron chi connectivity index (χ3n) is 3.60. The quantitative estimate of drug-likeness (QED) is 0.625. The molecule has 0 fully saturated rings. The van der Waals surface area contributed by atoms with E-state index >= 15 is 0 Å². The van der Waals surface area contributed by atoms with E-state index in [4.69, 9.17) is 4.74 Å². The number of ether oxygens (including phenoxy) is 1. The molecule has 1 aliphatic rings. The number of pyridine rings is 1. The van der Waals surface area contributed by atoms with Crippen LogP contribution in [0.4, 0.5) is 5.69 Å². The first kappa shape index (κ1) is 13.9. The molecule has 1 aromatic carbocycles. The molecule has 1 aliphatic heterocycles. The Labute approximate surface area is 126 Å². The zero-order valence-electron chi connectivity index (χ0n) is 12.0. The number of esters is 1. The van der Waals surface area contributed by atoms with Crippen molar-refractivity contribution in [3.8, 4) is 0 Å². The first-order valence-corrected chi connectivity index (χ1v) is 6.58. The summed E-state index contributed by atoms with van der Waals surface area (Å²) in [6.07, 6.45) is 1.46. The molecule has 6 heteroatoms. The minimum absolute atomic E-state index is 0.121. The van der Waals surface area contributed by atoms with Crippen molar-refractivity contribution in [2.24, 2.45) is 0 Å². The van der Waals surface area contributed by atoms with Crippen molar-refractivity contribution < 1.29 is 19.1 Å². The molecule has 2 heterocycles. The molecule has 2 aromatic rings. The lowest BCUT2D eigenvalue weighted by Gasteiger charge is -2.17. The second-order valence-corrected chi connectivity index (χ2v) is 4.79. The van der Waals surface area contributed by atoms with Gasteiger partial charge in [-0.05, 0) is 36.8 Å². The van der Waals surface area contributed by atoms with Gasteiger partial charge in [0.2, 0.25) is 0 Å². The standard InChI is InChI=1S/C16H12N2O4/c1-9-10(16(21)22-2)5-3-7-12(9)18-14(19)11-6-4-8-17-13(11)15(18)20/h3-8H,1-2H3. The smallest absolute Gasteiger partial charge is 0.338 e. The summed E-state index contributed by atoms with van der Waals surface area (Å²) in [5.41, 5.74) is 1.55. The highest BCUT2D eigenvalue weighted by Crippen LogP contribution is 2.31. The van der Waals surface area contributed by atoms with E-state index in [9.17, 15) is 14.4 Å². The molecule has 110 valence electrons. The number of imide groups is 1. The molecule has 1 aromatic heterocycles. The molecule has 0 N–H and O–H groups in total. The fraction of sp³-hybridized carbons (Fsp3) is 0.125. The van der Waals surface area contributed by atoms with E-state index in [0.29, 0.717) is 16.8 Å². The van der Waals surface area contributed by atoms with Crippen molar-refractivity contribution in [3.63, 3.8) is 0 Å². The van der Waals surface area contributed by atoms with E-state index in [2.05, 4.69) is 4.98 Å². The van der Waals surface area contributed by atoms with Crippen molar-refractivity contribution >= 4 is 23.5 Å². The molecular weight excluding hydrogens is 284 g/mol. The second kappa shape index (κ2) is 5.07. The van der Waals surface area contributed by atoms with Crippen molar-refractivity contribution in [1.82, 2.24) is 4.98 Å². The third kappa shape index (κ3) is 1.88. The zero-order chi connectivity index (χ0) is 15.9. The van der Waals surface area contributed by atoms with Gasteiger partial charge in [-0.2, -0.15) is 0 Å². The summed E-state index contributed by atoms with van der Waals surface area (Å²) >= 11 is 0. The lowest BCUT2D eigenvalue weighted by molar-refractivity contribution is 0.0599. The zero-order valence-corrected chi connectivity index (χ0v) is 12.0. The van der Waals surface area contributed by atoms with Crippen LogP contribution in [0.25, 0.3) is 0 Å². The van der Waals surface area contributed by atoms with Gasteiger partial charge < -0.3 is 4.74 Å². The van der Waals surface area contributed by atoms with E-state index < -0.39 is 17.8 Å². The van der Waals surface area contributed by atoms with Crippen LogP contribution >= 0.6 is 0 Å². The molecule has 0 saturated carbocycles. The van der Waals surface area contributed by atoms with Crippen LogP contribution in [0.3, 0.4) is 0 Å². The average Bonchev–Trinajstić information content (AvgIpc) is 2.79. The number of nitrogens with zero attached hydrogens (tertiary/aromatic N) is 2. The number of fused-ring (bicyclic) bond motifs is 1. The maximum atomic E-state index is 12.5. The van der Waals surface area contributed by atoms with Crippen LogP contribution in [0.2, 0.25) is 0 Å². The number of aromatic nitrogens is 1. The predicted octanol–water partition coefficient (Wildman–Crippen LogP) is 1.98. The van der Waals surface area contributed by atoms with Crippen LogP contribution in [-0.4, -0.2) is 29.9 Å². The van der Waals surface area contributed by atoms with Crippen LogP contribution in [0.1, 0.15) is 36.8 Å². The Kier molecular flexibility index (Phi) is 3.21. The Morgan fingerprint density at radius 2 is 1.91 bits per heavy atom. The minimum atomic E-state index is -0.519. The number of anilines is 1. The van der Waals surface area contributed by atoms with Gasteiger partial charge in [0.25, 0.3) is 11.8 Å². The number of carbonyl (C=O) groups is 3. The molecule has 0 bridgehead atoms. The second-order valence-electron chi connectivity index (χ2n) is 4.79. The number of benzene rings is 1. The minimum Gasteiger partial charge on any atom is -0.465 e. The van der Waals surface area contributed by atoms with Crippen molar-refractivity contribution in [1.29, 1.82) is 0 Å². The SMILES string of the molecule is COC(=O)c1cccc(N2C(=O)c3cccnc3C2=O)c1C. The number of hydrogen-bond acceptors (Lipinski definition) is 5. The number of amides is 2. The van der Waals surface area contributed by atoms with Gasteiger partial charge in [0.15, 0.2) is 0 Å². The summed E-state index contributed by atoms with van der Waals surface area (Å²) < 4.78 is 4.71. The third-order valence-corrected chi connectivity index (χ3v) is 3.60. The molecule has 0 saturated heterocycles. The lowest BCUT2D eigenvalue weighted by atomic mass is 10.1.